The van der Waals surface area contributed by atoms with Gasteiger partial charge in [-0.2, -0.15) is 0 Å². The number of hydrogen-bond acceptors (Lipinski definition) is 3. The SMILES string of the molecule is CCCCCc1ccc(CNC(=O)c2cc(Br)c(CNCc3cccc(Oc4ccccc4)c3)c(Br)c2)cc1. The summed E-state index contributed by atoms with van der Waals surface area (Å²) in [5.41, 5.74) is 5.24. The van der Waals surface area contributed by atoms with E-state index in [-0.39, 0.29) is 5.91 Å². The van der Waals surface area contributed by atoms with E-state index in [1.165, 1.54) is 24.8 Å². The number of halogens is 2. The summed E-state index contributed by atoms with van der Waals surface area (Å²) >= 11 is 7.32. The van der Waals surface area contributed by atoms with E-state index in [2.05, 4.69) is 79.7 Å². The maximum atomic E-state index is 12.9. The van der Waals surface area contributed by atoms with E-state index in [0.717, 1.165) is 43.6 Å². The summed E-state index contributed by atoms with van der Waals surface area (Å²) in [7, 11) is 0. The van der Waals surface area contributed by atoms with Crippen molar-refractivity contribution in [1.29, 1.82) is 0 Å². The monoisotopic (exact) mass is 648 g/mol. The number of unbranched alkanes of at least 4 members (excludes halogenated alkanes) is 2. The molecule has 0 atom stereocenters. The van der Waals surface area contributed by atoms with Gasteiger partial charge < -0.3 is 15.4 Å². The highest BCUT2D eigenvalue weighted by Gasteiger charge is 2.13. The summed E-state index contributed by atoms with van der Waals surface area (Å²) in [5.74, 6) is 1.52. The first-order valence-electron chi connectivity index (χ1n) is 13.4. The van der Waals surface area contributed by atoms with Gasteiger partial charge >= 0.3 is 0 Å². The van der Waals surface area contributed by atoms with Gasteiger partial charge in [0, 0.05) is 34.1 Å². The van der Waals surface area contributed by atoms with Crippen molar-refractivity contribution in [1.82, 2.24) is 10.6 Å². The lowest BCUT2D eigenvalue weighted by atomic mass is 10.1. The molecule has 0 spiro atoms. The van der Waals surface area contributed by atoms with E-state index in [1.807, 2.05) is 60.7 Å². The van der Waals surface area contributed by atoms with Gasteiger partial charge in [-0.1, -0.05) is 106 Å². The molecule has 6 heteroatoms. The van der Waals surface area contributed by atoms with Crippen LogP contribution in [0.15, 0.2) is 99.9 Å². The minimum Gasteiger partial charge on any atom is -0.457 e. The normalized spacial score (nSPS) is 10.8. The Morgan fingerprint density at radius 1 is 0.718 bits per heavy atom. The van der Waals surface area contributed by atoms with Gasteiger partial charge in [0.15, 0.2) is 0 Å². The van der Waals surface area contributed by atoms with Gasteiger partial charge in [-0.3, -0.25) is 4.79 Å². The highest BCUT2D eigenvalue weighted by Crippen LogP contribution is 2.28. The van der Waals surface area contributed by atoms with Crippen LogP contribution in [-0.2, 0) is 26.1 Å². The number of aryl methyl sites for hydroxylation is 1. The molecule has 0 saturated heterocycles. The van der Waals surface area contributed by atoms with Crippen LogP contribution in [0.4, 0.5) is 0 Å². The Bertz CT molecular complexity index is 1340. The van der Waals surface area contributed by atoms with Crippen molar-refractivity contribution in [2.45, 2.75) is 52.2 Å². The number of carbonyl (C=O) groups is 1. The fraction of sp³-hybridized carbons (Fsp3) is 0.242. The molecule has 0 radical (unpaired) electrons. The smallest absolute Gasteiger partial charge is 0.251 e. The molecule has 0 aliphatic heterocycles. The predicted molar refractivity (Wildman–Crippen MR) is 166 cm³/mol. The fourth-order valence-electron chi connectivity index (χ4n) is 4.27. The first kappa shape index (κ1) is 29.1. The zero-order chi connectivity index (χ0) is 27.5. The molecule has 0 aliphatic carbocycles. The third kappa shape index (κ3) is 9.06. The predicted octanol–water partition coefficient (Wildman–Crippen LogP) is 8.96. The molecule has 0 aliphatic rings. The molecule has 4 nitrogen and oxygen atoms in total. The van der Waals surface area contributed by atoms with Crippen LogP contribution in [0.25, 0.3) is 0 Å². The molecule has 4 aromatic carbocycles. The maximum absolute atomic E-state index is 12.9. The van der Waals surface area contributed by atoms with E-state index >= 15 is 0 Å². The Kier molecular flexibility index (Phi) is 11.2. The number of benzene rings is 4. The number of amides is 1. The van der Waals surface area contributed by atoms with Crippen molar-refractivity contribution >= 4 is 37.8 Å². The number of para-hydroxylation sites is 1. The summed E-state index contributed by atoms with van der Waals surface area (Å²) in [6, 6.07) is 30.1. The molecule has 0 aromatic heterocycles. The molecule has 4 rings (SSSR count). The van der Waals surface area contributed by atoms with Crippen LogP contribution in [0.5, 0.6) is 11.5 Å². The van der Waals surface area contributed by atoms with Crippen LogP contribution in [0.2, 0.25) is 0 Å². The first-order valence-corrected chi connectivity index (χ1v) is 15.0. The molecule has 39 heavy (non-hydrogen) atoms. The van der Waals surface area contributed by atoms with E-state index in [9.17, 15) is 4.79 Å². The first-order chi connectivity index (χ1) is 19.0. The lowest BCUT2D eigenvalue weighted by molar-refractivity contribution is 0.0950. The van der Waals surface area contributed by atoms with Crippen LogP contribution in [0.1, 0.15) is 58.8 Å². The lowest BCUT2D eigenvalue weighted by Gasteiger charge is -2.13. The molecule has 0 bridgehead atoms. The average Bonchev–Trinajstić information content (AvgIpc) is 2.94. The summed E-state index contributed by atoms with van der Waals surface area (Å²) in [4.78, 5) is 12.9. The second-order valence-corrected chi connectivity index (χ2v) is 11.2. The Morgan fingerprint density at radius 3 is 2.13 bits per heavy atom. The molecule has 2 N–H and O–H groups in total. The molecule has 0 heterocycles. The number of ether oxygens (including phenoxy) is 1. The van der Waals surface area contributed by atoms with E-state index in [4.69, 9.17) is 4.74 Å². The maximum Gasteiger partial charge on any atom is 0.251 e. The van der Waals surface area contributed by atoms with Crippen LogP contribution in [0, 0.1) is 0 Å². The standard InChI is InChI=1S/C33H34Br2N2O2/c1-2-3-5-9-24-14-16-25(17-15-24)22-37-33(38)27-19-31(34)30(32(35)20-27)23-36-21-26-10-8-13-29(18-26)39-28-11-6-4-7-12-28/h4,6-8,10-20,36H,2-3,5,9,21-23H2,1H3,(H,37,38). The second kappa shape index (κ2) is 15.0. The molecule has 0 unspecified atom stereocenters. The summed E-state index contributed by atoms with van der Waals surface area (Å²) in [5, 5.41) is 6.53. The highest BCUT2D eigenvalue weighted by atomic mass is 79.9. The van der Waals surface area contributed by atoms with Crippen molar-refractivity contribution in [2.24, 2.45) is 0 Å². The number of carbonyl (C=O) groups excluding carboxylic acids is 1. The van der Waals surface area contributed by atoms with Crippen LogP contribution in [0.3, 0.4) is 0 Å². The quantitative estimate of drug-likeness (QED) is 0.142. The minimum atomic E-state index is -0.0989. The van der Waals surface area contributed by atoms with E-state index in [1.54, 1.807) is 0 Å². The van der Waals surface area contributed by atoms with Crippen LogP contribution < -0.4 is 15.4 Å². The zero-order valence-corrected chi connectivity index (χ0v) is 25.4. The summed E-state index contributed by atoms with van der Waals surface area (Å²) < 4.78 is 7.71. The topological polar surface area (TPSA) is 50.4 Å². The van der Waals surface area contributed by atoms with Gasteiger partial charge in [-0.15, -0.1) is 0 Å². The van der Waals surface area contributed by atoms with Crippen molar-refractivity contribution in [2.75, 3.05) is 0 Å². The van der Waals surface area contributed by atoms with Gasteiger partial charge in [-0.25, -0.2) is 0 Å². The van der Waals surface area contributed by atoms with Crippen molar-refractivity contribution in [3.63, 3.8) is 0 Å². The third-order valence-corrected chi connectivity index (χ3v) is 7.87. The summed E-state index contributed by atoms with van der Waals surface area (Å²) in [6.07, 6.45) is 4.82. The van der Waals surface area contributed by atoms with Crippen LogP contribution >= 0.6 is 31.9 Å². The van der Waals surface area contributed by atoms with Gasteiger partial charge in [0.25, 0.3) is 5.91 Å². The summed E-state index contributed by atoms with van der Waals surface area (Å²) in [6.45, 7) is 4.04. The van der Waals surface area contributed by atoms with E-state index < -0.39 is 0 Å². The second-order valence-electron chi connectivity index (χ2n) is 9.54. The van der Waals surface area contributed by atoms with Crippen molar-refractivity contribution in [3.05, 3.63) is 128 Å². The Hall–Kier alpha value is -2.93. The van der Waals surface area contributed by atoms with E-state index in [0.29, 0.717) is 25.2 Å². The molecular weight excluding hydrogens is 616 g/mol. The van der Waals surface area contributed by atoms with Gasteiger partial charge in [0.2, 0.25) is 0 Å². The molecule has 1 amide bonds. The molecular formula is C33H34Br2N2O2. The average molecular weight is 650 g/mol. The van der Waals surface area contributed by atoms with Crippen molar-refractivity contribution < 1.29 is 9.53 Å². The Labute approximate surface area is 248 Å². The van der Waals surface area contributed by atoms with Gasteiger partial charge in [0.1, 0.15) is 11.5 Å². The molecule has 4 aromatic rings. The van der Waals surface area contributed by atoms with Gasteiger partial charge in [-0.05, 0) is 71.5 Å². The molecule has 0 fully saturated rings. The Morgan fingerprint density at radius 2 is 1.41 bits per heavy atom. The highest BCUT2D eigenvalue weighted by molar-refractivity contribution is 9.11. The number of hydrogen-bond donors (Lipinski definition) is 2. The largest absolute Gasteiger partial charge is 0.457 e. The number of nitrogens with one attached hydrogen (secondary N) is 2. The lowest BCUT2D eigenvalue weighted by Crippen LogP contribution is -2.23. The van der Waals surface area contributed by atoms with Gasteiger partial charge in [0.05, 0.1) is 0 Å². The molecule has 0 saturated carbocycles. The zero-order valence-electron chi connectivity index (χ0n) is 22.2. The van der Waals surface area contributed by atoms with Crippen molar-refractivity contribution in [3.8, 4) is 11.5 Å². The van der Waals surface area contributed by atoms with Crippen LogP contribution in [-0.4, -0.2) is 5.91 Å². The third-order valence-electron chi connectivity index (χ3n) is 6.46. The fourth-order valence-corrected chi connectivity index (χ4v) is 5.73. The molecule has 202 valence electrons. The minimum absolute atomic E-state index is 0.0989. The number of rotatable bonds is 13. The Balaban J connectivity index is 1.28.